The minimum Gasteiger partial charge on any atom is -0.507 e. The number of fused-ring (bicyclic) bond motifs is 2. The first-order chi connectivity index (χ1) is 18.2. The summed E-state index contributed by atoms with van der Waals surface area (Å²) in [6.07, 6.45) is 6.58. The fraction of sp³-hybridized carbons (Fsp3) is 0.519. The van der Waals surface area contributed by atoms with Gasteiger partial charge in [0.1, 0.15) is 17.6 Å². The lowest BCUT2D eigenvalue weighted by atomic mass is 9.82. The Balaban J connectivity index is 1.26. The number of hydrogen-bond donors (Lipinski definition) is 2. The van der Waals surface area contributed by atoms with Gasteiger partial charge in [-0.3, -0.25) is 0 Å². The molecule has 4 heterocycles. The van der Waals surface area contributed by atoms with Crippen LogP contribution in [-0.4, -0.2) is 73.8 Å². The molecule has 0 unspecified atom stereocenters. The van der Waals surface area contributed by atoms with E-state index in [1.165, 1.54) is 14.2 Å². The highest BCUT2D eigenvalue weighted by atomic mass is 19.1. The fourth-order valence-corrected chi connectivity index (χ4v) is 6.07. The molecule has 0 spiro atoms. The van der Waals surface area contributed by atoms with Crippen molar-refractivity contribution >= 4 is 5.95 Å². The molecule has 6 rings (SSSR count). The Hall–Kier alpha value is -3.60. The van der Waals surface area contributed by atoms with Crippen LogP contribution < -0.4 is 19.7 Å². The molecule has 2 N–H and O–H groups in total. The number of methoxy groups -OCH3 is 2. The van der Waals surface area contributed by atoms with E-state index < -0.39 is 11.7 Å². The number of aromatic hydroxyl groups is 1. The van der Waals surface area contributed by atoms with Gasteiger partial charge in [0, 0.05) is 28.2 Å². The molecular formula is C27H32FN7O3. The van der Waals surface area contributed by atoms with Crippen LogP contribution in [0.15, 0.2) is 30.6 Å². The third-order valence-corrected chi connectivity index (χ3v) is 8.13. The summed E-state index contributed by atoms with van der Waals surface area (Å²) in [6.45, 7) is 4.17. The fourth-order valence-electron chi connectivity index (χ4n) is 6.07. The molecule has 2 bridgehead atoms. The quantitative estimate of drug-likeness (QED) is 0.476. The molecule has 0 radical (unpaired) electrons. The van der Waals surface area contributed by atoms with Gasteiger partial charge >= 0.3 is 0 Å². The molecule has 2 saturated heterocycles. The number of phenols is 1. The summed E-state index contributed by atoms with van der Waals surface area (Å²) in [4.78, 5) is 15.3. The Bertz CT molecular complexity index is 1350. The summed E-state index contributed by atoms with van der Waals surface area (Å²) in [7, 11) is 2.98. The summed E-state index contributed by atoms with van der Waals surface area (Å²) >= 11 is 0. The molecule has 2 aliphatic heterocycles. The monoisotopic (exact) mass is 521 g/mol. The van der Waals surface area contributed by atoms with Crippen LogP contribution in [0.4, 0.5) is 10.3 Å². The van der Waals surface area contributed by atoms with E-state index in [0.29, 0.717) is 34.9 Å². The molecule has 10 nitrogen and oxygen atoms in total. The first kappa shape index (κ1) is 24.7. The number of halogens is 1. The van der Waals surface area contributed by atoms with Crippen molar-refractivity contribution in [3.8, 4) is 40.0 Å². The zero-order valence-electron chi connectivity index (χ0n) is 22.0. The molecule has 3 aromatic rings. The van der Waals surface area contributed by atoms with E-state index >= 15 is 4.39 Å². The first-order valence-electron chi connectivity index (χ1n) is 12.9. The second-order valence-electron chi connectivity index (χ2n) is 11.1. The lowest BCUT2D eigenvalue weighted by Crippen LogP contribution is -2.66. The Morgan fingerprint density at radius 1 is 1.03 bits per heavy atom. The Morgan fingerprint density at radius 2 is 1.79 bits per heavy atom. The molecular weight excluding hydrogens is 489 g/mol. The SMILES string of the molecule is COc1ncc(-c2ccc(-c3cnc(N(C4CC4)[C@@H]4C[C@@]5(C)CC[C@](C)(N5)[C@@H]4F)nn3)c(O)c2)nc1OC. The van der Waals surface area contributed by atoms with Gasteiger partial charge in [-0.1, -0.05) is 6.07 Å². The molecule has 3 fully saturated rings. The maximum absolute atomic E-state index is 15.8. The molecule has 200 valence electrons. The van der Waals surface area contributed by atoms with Crippen molar-refractivity contribution in [2.75, 3.05) is 19.1 Å². The van der Waals surface area contributed by atoms with Crippen molar-refractivity contribution < 1.29 is 19.0 Å². The summed E-state index contributed by atoms with van der Waals surface area (Å²) in [6, 6.07) is 5.04. The predicted molar refractivity (Wildman–Crippen MR) is 139 cm³/mol. The molecule has 38 heavy (non-hydrogen) atoms. The highest BCUT2D eigenvalue weighted by Crippen LogP contribution is 2.47. The van der Waals surface area contributed by atoms with Gasteiger partial charge in [-0.25, -0.2) is 19.3 Å². The summed E-state index contributed by atoms with van der Waals surface area (Å²) in [5.74, 6) is 0.966. The summed E-state index contributed by atoms with van der Waals surface area (Å²) in [5.41, 5.74) is 1.44. The molecule has 1 aliphatic carbocycles. The number of hydrogen-bond acceptors (Lipinski definition) is 10. The largest absolute Gasteiger partial charge is 0.507 e. The van der Waals surface area contributed by atoms with Gasteiger partial charge in [0.25, 0.3) is 11.8 Å². The smallest absolute Gasteiger partial charge is 0.278 e. The average molecular weight is 522 g/mol. The van der Waals surface area contributed by atoms with Crippen molar-refractivity contribution in [1.29, 1.82) is 0 Å². The molecule has 3 aliphatic rings. The van der Waals surface area contributed by atoms with Gasteiger partial charge in [-0.05, 0) is 58.1 Å². The number of phenolic OH excluding ortho intramolecular Hbond substituents is 1. The summed E-state index contributed by atoms with van der Waals surface area (Å²) in [5, 5.41) is 23.2. The van der Waals surface area contributed by atoms with Crippen LogP contribution in [0.3, 0.4) is 0 Å². The Morgan fingerprint density at radius 3 is 2.45 bits per heavy atom. The Labute approximate surface area is 220 Å². The zero-order valence-corrected chi connectivity index (χ0v) is 22.0. The molecule has 1 saturated carbocycles. The predicted octanol–water partition coefficient (Wildman–Crippen LogP) is 3.70. The third-order valence-electron chi connectivity index (χ3n) is 8.13. The van der Waals surface area contributed by atoms with E-state index in [0.717, 1.165) is 25.7 Å². The van der Waals surface area contributed by atoms with Crippen LogP contribution in [-0.2, 0) is 0 Å². The average Bonchev–Trinajstić information content (AvgIpc) is 3.71. The lowest BCUT2D eigenvalue weighted by Gasteiger charge is -2.48. The molecule has 0 amide bonds. The van der Waals surface area contributed by atoms with E-state index in [1.54, 1.807) is 30.6 Å². The maximum Gasteiger partial charge on any atom is 0.278 e. The maximum atomic E-state index is 15.8. The van der Waals surface area contributed by atoms with Crippen LogP contribution in [0.1, 0.15) is 46.0 Å². The number of nitrogens with one attached hydrogen (secondary N) is 1. The lowest BCUT2D eigenvalue weighted by molar-refractivity contribution is 0.0828. The highest BCUT2D eigenvalue weighted by Gasteiger charge is 2.58. The number of nitrogens with zero attached hydrogens (tertiary/aromatic N) is 6. The van der Waals surface area contributed by atoms with Gasteiger partial charge in [0.2, 0.25) is 5.95 Å². The van der Waals surface area contributed by atoms with Crippen molar-refractivity contribution in [1.82, 2.24) is 30.5 Å². The number of anilines is 1. The topological polar surface area (TPSA) is 118 Å². The highest BCUT2D eigenvalue weighted by molar-refractivity contribution is 5.72. The number of ether oxygens (including phenoxy) is 2. The van der Waals surface area contributed by atoms with Crippen LogP contribution in [0.25, 0.3) is 22.5 Å². The second kappa shape index (κ2) is 9.00. The van der Waals surface area contributed by atoms with Gasteiger partial charge in [-0.2, -0.15) is 0 Å². The van der Waals surface area contributed by atoms with E-state index in [-0.39, 0.29) is 35.1 Å². The minimum atomic E-state index is -1.03. The van der Waals surface area contributed by atoms with Crippen molar-refractivity contribution in [2.24, 2.45) is 0 Å². The molecule has 11 heteroatoms. The Kier molecular flexibility index (Phi) is 5.86. The number of benzene rings is 1. The van der Waals surface area contributed by atoms with Crippen LogP contribution in [0, 0.1) is 0 Å². The van der Waals surface area contributed by atoms with Gasteiger partial charge in [-0.15, -0.1) is 10.2 Å². The van der Waals surface area contributed by atoms with Crippen molar-refractivity contribution in [3.63, 3.8) is 0 Å². The first-order valence-corrected chi connectivity index (χ1v) is 12.9. The zero-order chi connectivity index (χ0) is 26.7. The number of aromatic nitrogens is 5. The second-order valence-corrected chi connectivity index (χ2v) is 11.1. The van der Waals surface area contributed by atoms with E-state index in [4.69, 9.17) is 9.47 Å². The van der Waals surface area contributed by atoms with Crippen molar-refractivity contribution in [3.05, 3.63) is 30.6 Å². The van der Waals surface area contributed by atoms with Crippen LogP contribution >= 0.6 is 0 Å². The third kappa shape index (κ3) is 4.18. The summed E-state index contributed by atoms with van der Waals surface area (Å²) < 4.78 is 26.2. The molecule has 4 atom stereocenters. The van der Waals surface area contributed by atoms with Gasteiger partial charge in [0.15, 0.2) is 0 Å². The van der Waals surface area contributed by atoms with Crippen LogP contribution in [0.5, 0.6) is 17.5 Å². The molecule has 1 aromatic carbocycles. The van der Waals surface area contributed by atoms with Crippen molar-refractivity contribution in [2.45, 2.75) is 75.3 Å². The van der Waals surface area contributed by atoms with Gasteiger partial charge < -0.3 is 24.8 Å². The number of rotatable bonds is 7. The van der Waals surface area contributed by atoms with E-state index in [1.807, 2.05) is 6.92 Å². The minimum absolute atomic E-state index is 0.00147. The molecule has 2 aromatic heterocycles. The van der Waals surface area contributed by atoms with Gasteiger partial charge in [0.05, 0.1) is 38.3 Å². The van der Waals surface area contributed by atoms with E-state index in [9.17, 15) is 5.11 Å². The normalized spacial score (nSPS) is 28.2. The number of alkyl halides is 1. The number of piperidine rings is 1. The van der Waals surface area contributed by atoms with Crippen LogP contribution in [0.2, 0.25) is 0 Å². The standard InChI is InChI=1S/C27H32FN7O3/c1-26-9-10-27(2,34-26)22(28)20(12-26)35(16-6-7-16)25-30-14-19(32-33-25)17-8-5-15(11-21(17)36)18-13-29-23(37-3)24(31-18)38-4/h5,8,11,13-14,16,20,22,34,36H,6-7,9-10,12H2,1-4H3/t20-,22-,26-,27+/m1/s1. The van der Waals surface area contributed by atoms with E-state index in [2.05, 4.69) is 42.3 Å².